The molecular weight excluding hydrogens is 269 g/mol. The molecule has 8 heteroatoms. The molecule has 0 saturated carbocycles. The van der Waals surface area contributed by atoms with Crippen molar-refractivity contribution in [1.82, 2.24) is 4.98 Å². The van der Waals surface area contributed by atoms with Crippen molar-refractivity contribution in [3.63, 3.8) is 0 Å². The summed E-state index contributed by atoms with van der Waals surface area (Å²) in [5, 5.41) is 10.8. The number of aromatic nitrogens is 1. The molecule has 18 heavy (non-hydrogen) atoms. The van der Waals surface area contributed by atoms with Crippen LogP contribution in [0.4, 0.5) is 18.9 Å². The first-order valence-corrected chi connectivity index (χ1v) is 5.53. The lowest BCUT2D eigenvalue weighted by Crippen LogP contribution is -2.03. The quantitative estimate of drug-likeness (QED) is 0.619. The number of nitro benzene ring substituents is 1. The van der Waals surface area contributed by atoms with E-state index in [1.165, 1.54) is 29.6 Å². The van der Waals surface area contributed by atoms with Crippen LogP contribution in [0.25, 0.3) is 11.3 Å². The number of nitrogens with zero attached hydrogens (tertiary/aromatic N) is 2. The Kier molecular flexibility index (Phi) is 3.04. The standard InChI is InChI=1S/C10H5F3N2O2S/c11-10(12,13)9-14-8(5-18-9)6-2-1-3-7(4-6)15(16)17/h1-5H. The molecule has 1 aromatic heterocycles. The molecule has 0 atom stereocenters. The van der Waals surface area contributed by atoms with Crippen molar-refractivity contribution in [1.29, 1.82) is 0 Å². The van der Waals surface area contributed by atoms with Crippen molar-refractivity contribution < 1.29 is 18.1 Å². The average Bonchev–Trinajstić information content (AvgIpc) is 2.78. The van der Waals surface area contributed by atoms with Crippen LogP contribution < -0.4 is 0 Å². The first kappa shape index (κ1) is 12.5. The van der Waals surface area contributed by atoms with Gasteiger partial charge in [0.05, 0.1) is 10.6 Å². The Bertz CT molecular complexity index is 595. The fourth-order valence-corrected chi connectivity index (χ4v) is 2.01. The molecule has 94 valence electrons. The highest BCUT2D eigenvalue weighted by atomic mass is 32.1. The molecule has 0 unspecified atom stereocenters. The number of thiazole rings is 1. The first-order valence-electron chi connectivity index (χ1n) is 4.65. The van der Waals surface area contributed by atoms with E-state index >= 15 is 0 Å². The topological polar surface area (TPSA) is 56.0 Å². The number of hydrogen-bond donors (Lipinski definition) is 0. The van der Waals surface area contributed by atoms with Gasteiger partial charge in [0, 0.05) is 23.1 Å². The van der Waals surface area contributed by atoms with Gasteiger partial charge < -0.3 is 0 Å². The summed E-state index contributed by atoms with van der Waals surface area (Å²) in [5.41, 5.74) is 0.182. The smallest absolute Gasteiger partial charge is 0.258 e. The van der Waals surface area contributed by atoms with E-state index in [0.717, 1.165) is 0 Å². The minimum Gasteiger partial charge on any atom is -0.258 e. The third-order valence-electron chi connectivity index (χ3n) is 2.10. The molecule has 0 radical (unpaired) electrons. The lowest BCUT2D eigenvalue weighted by Gasteiger charge is -2.00. The molecule has 0 N–H and O–H groups in total. The van der Waals surface area contributed by atoms with Crippen molar-refractivity contribution >= 4 is 17.0 Å². The van der Waals surface area contributed by atoms with Gasteiger partial charge in [-0.2, -0.15) is 13.2 Å². The summed E-state index contributed by atoms with van der Waals surface area (Å²) < 4.78 is 37.1. The van der Waals surface area contributed by atoms with E-state index in [1.54, 1.807) is 0 Å². The predicted molar refractivity (Wildman–Crippen MR) is 59.2 cm³/mol. The number of benzene rings is 1. The Labute approximate surface area is 103 Å². The van der Waals surface area contributed by atoms with Crippen molar-refractivity contribution in [2.24, 2.45) is 0 Å². The zero-order valence-electron chi connectivity index (χ0n) is 8.64. The maximum atomic E-state index is 12.4. The van der Waals surface area contributed by atoms with Gasteiger partial charge in [-0.25, -0.2) is 4.98 Å². The highest BCUT2D eigenvalue weighted by molar-refractivity contribution is 7.10. The van der Waals surface area contributed by atoms with Gasteiger partial charge in [0.25, 0.3) is 5.69 Å². The Morgan fingerprint density at radius 3 is 2.61 bits per heavy atom. The molecule has 0 bridgehead atoms. The summed E-state index contributed by atoms with van der Waals surface area (Å²) in [7, 11) is 0. The van der Waals surface area contributed by atoms with Crippen molar-refractivity contribution in [2.75, 3.05) is 0 Å². The van der Waals surface area contributed by atoms with Crippen molar-refractivity contribution in [2.45, 2.75) is 6.18 Å². The van der Waals surface area contributed by atoms with E-state index in [1.807, 2.05) is 0 Å². The molecule has 2 rings (SSSR count). The molecule has 0 aliphatic carbocycles. The number of nitro groups is 1. The second-order valence-electron chi connectivity index (χ2n) is 3.34. The molecule has 2 aromatic rings. The number of non-ortho nitro benzene ring substituents is 1. The van der Waals surface area contributed by atoms with Crippen LogP contribution in [0.15, 0.2) is 29.6 Å². The number of hydrogen-bond acceptors (Lipinski definition) is 4. The van der Waals surface area contributed by atoms with Crippen LogP contribution in [0.1, 0.15) is 5.01 Å². The lowest BCUT2D eigenvalue weighted by molar-refractivity contribution is -0.384. The van der Waals surface area contributed by atoms with Gasteiger partial charge in [0.15, 0.2) is 5.01 Å². The van der Waals surface area contributed by atoms with Crippen LogP contribution in [-0.4, -0.2) is 9.91 Å². The van der Waals surface area contributed by atoms with Crippen molar-refractivity contribution in [3.8, 4) is 11.3 Å². The minimum absolute atomic E-state index is 0.0797. The molecule has 0 spiro atoms. The first-order chi connectivity index (χ1) is 8.38. The van der Waals surface area contributed by atoms with E-state index in [2.05, 4.69) is 4.98 Å². The van der Waals surface area contributed by atoms with Gasteiger partial charge in [-0.15, -0.1) is 11.3 Å². The van der Waals surface area contributed by atoms with Gasteiger partial charge in [0.2, 0.25) is 0 Å². The van der Waals surface area contributed by atoms with Gasteiger partial charge in [-0.1, -0.05) is 12.1 Å². The average molecular weight is 274 g/mol. The van der Waals surface area contributed by atoms with E-state index in [4.69, 9.17) is 0 Å². The summed E-state index contributed by atoms with van der Waals surface area (Å²) in [6, 6.07) is 5.33. The van der Waals surface area contributed by atoms with Crippen LogP contribution in [0.5, 0.6) is 0 Å². The summed E-state index contributed by atoms with van der Waals surface area (Å²) in [4.78, 5) is 13.4. The predicted octanol–water partition coefficient (Wildman–Crippen LogP) is 3.74. The summed E-state index contributed by atoms with van der Waals surface area (Å²) in [5.74, 6) is 0. The third kappa shape index (κ3) is 2.48. The number of halogens is 3. The molecule has 4 nitrogen and oxygen atoms in total. The Hall–Kier alpha value is -1.96. The fraction of sp³-hybridized carbons (Fsp3) is 0.100. The van der Waals surface area contributed by atoms with Crippen LogP contribution in [0, 0.1) is 10.1 Å². The molecule has 0 aliphatic rings. The number of alkyl halides is 3. The van der Waals surface area contributed by atoms with Gasteiger partial charge in [0.1, 0.15) is 0 Å². The van der Waals surface area contributed by atoms with E-state index in [-0.39, 0.29) is 16.9 Å². The Balaban J connectivity index is 2.40. The normalized spacial score (nSPS) is 11.5. The highest BCUT2D eigenvalue weighted by Crippen LogP contribution is 2.34. The largest absolute Gasteiger partial charge is 0.443 e. The summed E-state index contributed by atoms with van der Waals surface area (Å²) in [6.45, 7) is 0. The summed E-state index contributed by atoms with van der Waals surface area (Å²) >= 11 is 0.460. The zero-order valence-corrected chi connectivity index (χ0v) is 9.46. The van der Waals surface area contributed by atoms with Crippen LogP contribution in [0.3, 0.4) is 0 Å². The second kappa shape index (κ2) is 4.37. The molecule has 0 aliphatic heterocycles. The molecule has 1 aromatic carbocycles. The molecular formula is C10H5F3N2O2S. The SMILES string of the molecule is O=[N+]([O-])c1cccc(-c2csc(C(F)(F)F)n2)c1. The zero-order chi connectivity index (χ0) is 13.3. The molecule has 0 fully saturated rings. The lowest BCUT2D eigenvalue weighted by atomic mass is 10.1. The van der Waals surface area contributed by atoms with Crippen LogP contribution in [0.2, 0.25) is 0 Å². The molecule has 1 heterocycles. The van der Waals surface area contributed by atoms with Gasteiger partial charge in [-0.05, 0) is 0 Å². The number of rotatable bonds is 2. The van der Waals surface area contributed by atoms with Crippen LogP contribution in [-0.2, 0) is 6.18 Å². The third-order valence-corrected chi connectivity index (χ3v) is 2.99. The molecule has 0 amide bonds. The molecule has 0 saturated heterocycles. The van der Waals surface area contributed by atoms with Gasteiger partial charge >= 0.3 is 6.18 Å². The van der Waals surface area contributed by atoms with E-state index in [0.29, 0.717) is 11.3 Å². The summed E-state index contributed by atoms with van der Waals surface area (Å²) in [6.07, 6.45) is -4.50. The Morgan fingerprint density at radius 2 is 2.06 bits per heavy atom. The highest BCUT2D eigenvalue weighted by Gasteiger charge is 2.34. The van der Waals surface area contributed by atoms with Crippen molar-refractivity contribution in [3.05, 3.63) is 44.8 Å². The van der Waals surface area contributed by atoms with Crippen LogP contribution >= 0.6 is 11.3 Å². The maximum absolute atomic E-state index is 12.4. The minimum atomic E-state index is -4.50. The monoisotopic (exact) mass is 274 g/mol. The maximum Gasteiger partial charge on any atom is 0.443 e. The Morgan fingerprint density at radius 1 is 1.33 bits per heavy atom. The van der Waals surface area contributed by atoms with Gasteiger partial charge in [-0.3, -0.25) is 10.1 Å². The van der Waals surface area contributed by atoms with E-state index in [9.17, 15) is 23.3 Å². The second-order valence-corrected chi connectivity index (χ2v) is 4.20. The van der Waals surface area contributed by atoms with E-state index < -0.39 is 16.1 Å². The fourth-order valence-electron chi connectivity index (χ4n) is 1.32.